The van der Waals surface area contributed by atoms with E-state index in [2.05, 4.69) is 108 Å². The number of hydrogen-bond donors (Lipinski definition) is 0. The summed E-state index contributed by atoms with van der Waals surface area (Å²) in [4.78, 5) is 0. The van der Waals surface area contributed by atoms with Crippen LogP contribution in [0.5, 0.6) is 0 Å². The van der Waals surface area contributed by atoms with E-state index in [9.17, 15) is 0 Å². The fraction of sp³-hybridized carbons (Fsp3) is 0.462. The number of unbranched alkanes of at least 4 members (excludes halogenated alkanes) is 1. The summed E-state index contributed by atoms with van der Waals surface area (Å²) in [5.74, 6) is 0. The van der Waals surface area contributed by atoms with Gasteiger partial charge in [0.1, 0.15) is 0 Å². The van der Waals surface area contributed by atoms with Gasteiger partial charge in [-0.25, -0.2) is 0 Å². The SMILES string of the molecule is CC1(C)OB(CCC/C=C(/C[Si](C)(C)c2ccccc2)c2ccccc2)OC1(C)C. The molecule has 1 heterocycles. The average Bonchev–Trinajstić information content (AvgIpc) is 2.92. The van der Waals surface area contributed by atoms with Crippen LogP contribution in [0.1, 0.15) is 46.1 Å². The van der Waals surface area contributed by atoms with E-state index in [0.29, 0.717) is 0 Å². The van der Waals surface area contributed by atoms with Gasteiger partial charge in [-0.2, -0.15) is 0 Å². The van der Waals surface area contributed by atoms with E-state index in [0.717, 1.165) is 25.2 Å². The van der Waals surface area contributed by atoms with Crippen molar-refractivity contribution in [1.29, 1.82) is 0 Å². The standard InChI is InChI=1S/C26H37BO2Si/c1-25(2)26(3,4)29-27(28-25)20-14-13-17-23(22-15-9-7-10-16-22)21-30(5,6)24-18-11-8-12-19-24/h7-12,15-19H,13-14,20-21H2,1-6H3/b23-17-. The van der Waals surface area contributed by atoms with E-state index < -0.39 is 8.07 Å². The van der Waals surface area contributed by atoms with Crippen molar-refractivity contribution in [3.63, 3.8) is 0 Å². The number of benzene rings is 2. The third-order valence-corrected chi connectivity index (χ3v) is 9.83. The molecule has 1 aliphatic rings. The molecule has 0 N–H and O–H groups in total. The summed E-state index contributed by atoms with van der Waals surface area (Å²) in [5, 5.41) is 1.52. The summed E-state index contributed by atoms with van der Waals surface area (Å²) in [5.41, 5.74) is 2.34. The minimum atomic E-state index is -1.57. The fourth-order valence-corrected chi connectivity index (χ4v) is 6.66. The van der Waals surface area contributed by atoms with Crippen molar-refractivity contribution in [3.8, 4) is 0 Å². The summed E-state index contributed by atoms with van der Waals surface area (Å²) >= 11 is 0. The van der Waals surface area contributed by atoms with Crippen LogP contribution in [0.25, 0.3) is 5.57 Å². The van der Waals surface area contributed by atoms with Crippen LogP contribution in [-0.2, 0) is 9.31 Å². The first-order chi connectivity index (χ1) is 14.1. The lowest BCUT2D eigenvalue weighted by Crippen LogP contribution is -2.41. The molecule has 1 saturated heterocycles. The van der Waals surface area contributed by atoms with E-state index >= 15 is 0 Å². The molecule has 0 radical (unpaired) electrons. The molecule has 0 aromatic heterocycles. The second kappa shape index (κ2) is 9.25. The molecule has 0 atom stereocenters. The Hall–Kier alpha value is -1.62. The largest absolute Gasteiger partial charge is 0.457 e. The van der Waals surface area contributed by atoms with Gasteiger partial charge in [-0.1, -0.05) is 91.4 Å². The Morgan fingerprint density at radius 3 is 1.97 bits per heavy atom. The maximum Gasteiger partial charge on any atom is 0.457 e. The second-order valence-corrected chi connectivity index (χ2v) is 14.8. The fourth-order valence-electron chi connectivity index (χ4n) is 4.06. The first-order valence-corrected chi connectivity index (χ1v) is 14.5. The van der Waals surface area contributed by atoms with Crippen molar-refractivity contribution in [2.75, 3.05) is 0 Å². The van der Waals surface area contributed by atoms with Gasteiger partial charge >= 0.3 is 7.12 Å². The molecule has 0 aliphatic carbocycles. The van der Waals surface area contributed by atoms with Gasteiger partial charge in [0.2, 0.25) is 0 Å². The molecule has 3 rings (SSSR count). The van der Waals surface area contributed by atoms with Gasteiger partial charge in [-0.3, -0.25) is 0 Å². The molecule has 2 aromatic rings. The molecule has 0 saturated carbocycles. The highest BCUT2D eigenvalue weighted by atomic mass is 28.3. The first-order valence-electron chi connectivity index (χ1n) is 11.3. The molecule has 4 heteroatoms. The molecular weight excluding hydrogens is 383 g/mol. The summed E-state index contributed by atoms with van der Waals surface area (Å²) in [7, 11) is -1.67. The molecule has 1 fully saturated rings. The monoisotopic (exact) mass is 420 g/mol. The molecule has 2 nitrogen and oxygen atoms in total. The van der Waals surface area contributed by atoms with Gasteiger partial charge in [0.25, 0.3) is 0 Å². The highest BCUT2D eigenvalue weighted by molar-refractivity contribution is 6.91. The van der Waals surface area contributed by atoms with Crippen LogP contribution < -0.4 is 5.19 Å². The summed E-state index contributed by atoms with van der Waals surface area (Å²) in [6.45, 7) is 13.4. The number of rotatable bonds is 8. The first kappa shape index (κ1) is 23.1. The maximum absolute atomic E-state index is 6.16. The lowest BCUT2D eigenvalue weighted by atomic mass is 9.82. The van der Waals surface area contributed by atoms with Crippen LogP contribution in [-0.4, -0.2) is 26.4 Å². The van der Waals surface area contributed by atoms with Crippen molar-refractivity contribution in [1.82, 2.24) is 0 Å². The van der Waals surface area contributed by atoms with E-state index in [-0.39, 0.29) is 18.3 Å². The van der Waals surface area contributed by atoms with Crippen LogP contribution >= 0.6 is 0 Å². The molecule has 0 amide bonds. The molecule has 0 bridgehead atoms. The van der Waals surface area contributed by atoms with Crippen molar-refractivity contribution >= 4 is 26.0 Å². The van der Waals surface area contributed by atoms with Crippen LogP contribution in [0.4, 0.5) is 0 Å². The Morgan fingerprint density at radius 1 is 0.867 bits per heavy atom. The van der Waals surface area contributed by atoms with Crippen molar-refractivity contribution in [2.24, 2.45) is 0 Å². The zero-order chi connectivity index (χ0) is 21.8. The summed E-state index contributed by atoms with van der Waals surface area (Å²) in [6.07, 6.45) is 5.51. The van der Waals surface area contributed by atoms with Gasteiger partial charge in [-0.15, -0.1) is 0 Å². The topological polar surface area (TPSA) is 18.5 Å². The minimum absolute atomic E-state index is 0.0984. The minimum Gasteiger partial charge on any atom is -0.403 e. The third kappa shape index (κ3) is 5.54. The predicted octanol–water partition coefficient (Wildman–Crippen LogP) is 6.56. The van der Waals surface area contributed by atoms with Crippen molar-refractivity contribution in [2.45, 2.75) is 77.2 Å². The molecule has 0 spiro atoms. The summed E-state index contributed by atoms with van der Waals surface area (Å²) < 4.78 is 12.3. The van der Waals surface area contributed by atoms with Crippen LogP contribution in [0, 0.1) is 0 Å². The predicted molar refractivity (Wildman–Crippen MR) is 133 cm³/mol. The zero-order valence-corrected chi connectivity index (χ0v) is 20.6. The van der Waals surface area contributed by atoms with Gasteiger partial charge in [0.15, 0.2) is 0 Å². The lowest BCUT2D eigenvalue weighted by molar-refractivity contribution is 0.00578. The lowest BCUT2D eigenvalue weighted by Gasteiger charge is -2.32. The molecule has 0 unspecified atom stereocenters. The van der Waals surface area contributed by atoms with Crippen molar-refractivity contribution in [3.05, 3.63) is 72.3 Å². The van der Waals surface area contributed by atoms with Crippen LogP contribution in [0.3, 0.4) is 0 Å². The normalized spacial score (nSPS) is 18.6. The highest BCUT2D eigenvalue weighted by Gasteiger charge is 2.50. The van der Waals surface area contributed by atoms with Crippen molar-refractivity contribution < 1.29 is 9.31 Å². The Bertz CT molecular complexity index is 828. The zero-order valence-electron chi connectivity index (χ0n) is 19.6. The molecule has 1 aliphatic heterocycles. The smallest absolute Gasteiger partial charge is 0.403 e. The van der Waals surface area contributed by atoms with Gasteiger partial charge in [0.05, 0.1) is 19.3 Å². The Balaban J connectivity index is 1.67. The van der Waals surface area contributed by atoms with E-state index in [1.54, 1.807) is 0 Å². The van der Waals surface area contributed by atoms with Crippen LogP contribution in [0.2, 0.25) is 25.5 Å². The molecule has 2 aromatic carbocycles. The average molecular weight is 420 g/mol. The molecular formula is C26H37BO2Si. The summed E-state index contributed by atoms with van der Waals surface area (Å²) in [6, 6.07) is 23.1. The Kier molecular flexibility index (Phi) is 7.11. The number of hydrogen-bond acceptors (Lipinski definition) is 2. The van der Waals surface area contributed by atoms with E-state index in [1.807, 2.05) is 0 Å². The van der Waals surface area contributed by atoms with Gasteiger partial charge < -0.3 is 9.31 Å². The highest BCUT2D eigenvalue weighted by Crippen LogP contribution is 2.38. The van der Waals surface area contributed by atoms with E-state index in [1.165, 1.54) is 16.3 Å². The van der Waals surface area contributed by atoms with E-state index in [4.69, 9.17) is 9.31 Å². The molecule has 30 heavy (non-hydrogen) atoms. The third-order valence-electron chi connectivity index (χ3n) is 6.67. The van der Waals surface area contributed by atoms with Crippen LogP contribution in [0.15, 0.2) is 66.7 Å². The maximum atomic E-state index is 6.16. The quantitative estimate of drug-likeness (QED) is 0.356. The second-order valence-electron chi connectivity index (χ2n) is 10.1. The van der Waals surface area contributed by atoms with Gasteiger partial charge in [0, 0.05) is 0 Å². The van der Waals surface area contributed by atoms with Gasteiger partial charge in [-0.05, 0) is 57.6 Å². The Morgan fingerprint density at radius 2 is 1.40 bits per heavy atom. The number of allylic oxidation sites excluding steroid dienone is 2. The Labute approximate surface area is 184 Å². The molecule has 160 valence electrons.